The van der Waals surface area contributed by atoms with Crippen LogP contribution in [0.4, 0.5) is 11.4 Å². The van der Waals surface area contributed by atoms with Crippen LogP contribution in [-0.4, -0.2) is 13.3 Å². The molecule has 0 aliphatic carbocycles. The Morgan fingerprint density at radius 2 is 1.64 bits per heavy atom. The fraction of sp³-hybridized carbons (Fsp3) is 0.294. The highest BCUT2D eigenvalue weighted by molar-refractivity contribution is 7.69. The normalized spacial score (nSPS) is 10.8. The summed E-state index contributed by atoms with van der Waals surface area (Å²) in [6, 6.07) is 13.0. The number of rotatable bonds is 4. The monoisotopic (exact) mass is 365 g/mol. The van der Waals surface area contributed by atoms with Gasteiger partial charge in [0.2, 0.25) is 0 Å². The van der Waals surface area contributed by atoms with Crippen LogP contribution in [0.3, 0.4) is 0 Å². The molecule has 0 aliphatic heterocycles. The lowest BCUT2D eigenvalue weighted by molar-refractivity contribution is -0.384. The van der Waals surface area contributed by atoms with Crippen molar-refractivity contribution in [1.82, 2.24) is 0 Å². The standard InChI is InChI=1S/C17H20N2O2.H3NO2S/c1-12-9-10-14(11-13(12)2)17(3,4)18-15-7-5-6-8-16(15)19(20)21;1-4(2)3/h5-11,18H,1-4H3;4H,(H2,1,2,3). The lowest BCUT2D eigenvalue weighted by Crippen LogP contribution is -2.28. The summed E-state index contributed by atoms with van der Waals surface area (Å²) in [5.74, 6) is 0. The Morgan fingerprint density at radius 1 is 1.08 bits per heavy atom. The summed E-state index contributed by atoms with van der Waals surface area (Å²) >= 11 is 0. The number of hydrogen-bond donors (Lipinski definition) is 3. The number of nitrogens with two attached hydrogens (primary N) is 1. The molecule has 0 saturated heterocycles. The van der Waals surface area contributed by atoms with Gasteiger partial charge >= 0.3 is 0 Å². The van der Waals surface area contributed by atoms with E-state index in [0.29, 0.717) is 5.69 Å². The molecule has 0 bridgehead atoms. The Labute approximate surface area is 149 Å². The average Bonchev–Trinajstić information content (AvgIpc) is 2.49. The summed E-state index contributed by atoms with van der Waals surface area (Å²) in [4.78, 5) is 10.7. The van der Waals surface area contributed by atoms with Gasteiger partial charge in [-0.15, -0.1) is 0 Å². The van der Waals surface area contributed by atoms with Crippen LogP contribution in [0.2, 0.25) is 0 Å². The van der Waals surface area contributed by atoms with E-state index in [1.54, 1.807) is 18.2 Å². The minimum atomic E-state index is -2.62. The second kappa shape index (κ2) is 8.59. The highest BCUT2D eigenvalue weighted by Gasteiger charge is 2.24. The number of anilines is 1. The highest BCUT2D eigenvalue weighted by atomic mass is 32.2. The first-order chi connectivity index (χ1) is 11.5. The van der Waals surface area contributed by atoms with Crippen LogP contribution in [0.1, 0.15) is 30.5 Å². The molecule has 8 heteroatoms. The molecule has 0 radical (unpaired) electrons. The lowest BCUT2D eigenvalue weighted by Gasteiger charge is -2.28. The summed E-state index contributed by atoms with van der Waals surface area (Å²) in [6.07, 6.45) is 0. The van der Waals surface area contributed by atoms with Gasteiger partial charge < -0.3 is 5.32 Å². The lowest BCUT2D eigenvalue weighted by atomic mass is 9.91. The number of hydrogen-bond acceptors (Lipinski definition) is 5. The molecule has 0 fully saturated rings. The molecule has 136 valence electrons. The first-order valence-corrected chi connectivity index (χ1v) is 8.77. The van der Waals surface area contributed by atoms with Gasteiger partial charge in [-0.25, -0.2) is 13.6 Å². The summed E-state index contributed by atoms with van der Waals surface area (Å²) in [7, 11) is -2.62. The van der Waals surface area contributed by atoms with Crippen LogP contribution in [0.5, 0.6) is 0 Å². The summed E-state index contributed by atoms with van der Waals surface area (Å²) in [6.45, 7) is 8.18. The summed E-state index contributed by atoms with van der Waals surface area (Å²) in [5, 5.41) is 18.5. The molecule has 0 atom stereocenters. The van der Waals surface area contributed by atoms with Crippen LogP contribution < -0.4 is 10.5 Å². The molecule has 3 N–H and O–H groups in total. The molecule has 0 unspecified atom stereocenters. The molecular weight excluding hydrogens is 342 g/mol. The van der Waals surface area contributed by atoms with Gasteiger partial charge in [0, 0.05) is 6.07 Å². The zero-order chi connectivity index (χ0) is 19.2. The number of thiol groups is 1. The number of para-hydroxylation sites is 2. The van der Waals surface area contributed by atoms with Gasteiger partial charge in [0.15, 0.2) is 10.9 Å². The largest absolute Gasteiger partial charge is 0.371 e. The van der Waals surface area contributed by atoms with E-state index in [9.17, 15) is 10.1 Å². The van der Waals surface area contributed by atoms with Crippen LogP contribution >= 0.6 is 0 Å². The first-order valence-electron chi connectivity index (χ1n) is 7.53. The molecule has 0 saturated carbocycles. The second-order valence-corrected chi connectivity index (χ2v) is 6.68. The molecule has 0 aromatic heterocycles. The second-order valence-electron chi connectivity index (χ2n) is 6.11. The van der Waals surface area contributed by atoms with Crippen molar-refractivity contribution in [3.05, 3.63) is 69.3 Å². The van der Waals surface area contributed by atoms with Gasteiger partial charge in [0.1, 0.15) is 5.69 Å². The van der Waals surface area contributed by atoms with E-state index in [4.69, 9.17) is 8.42 Å². The molecule has 0 aliphatic rings. The molecule has 2 aromatic rings. The van der Waals surface area contributed by atoms with Gasteiger partial charge in [0.05, 0.1) is 10.5 Å². The minimum absolute atomic E-state index is 0.0920. The highest BCUT2D eigenvalue weighted by Crippen LogP contribution is 2.31. The Morgan fingerprint density at radius 3 is 2.16 bits per heavy atom. The van der Waals surface area contributed by atoms with Crippen LogP contribution in [-0.2, 0) is 16.4 Å². The van der Waals surface area contributed by atoms with Gasteiger partial charge in [-0.2, -0.15) is 0 Å². The molecule has 7 nitrogen and oxygen atoms in total. The van der Waals surface area contributed by atoms with Crippen LogP contribution in [0.15, 0.2) is 42.5 Å². The molecule has 2 aromatic carbocycles. The van der Waals surface area contributed by atoms with Crippen molar-refractivity contribution in [3.63, 3.8) is 0 Å². The summed E-state index contributed by atoms with van der Waals surface area (Å²) < 4.78 is 17.6. The van der Waals surface area contributed by atoms with E-state index in [2.05, 4.69) is 42.5 Å². The Hall–Kier alpha value is -2.45. The van der Waals surface area contributed by atoms with E-state index in [1.165, 1.54) is 17.2 Å². The van der Waals surface area contributed by atoms with Crippen molar-refractivity contribution in [2.75, 3.05) is 5.32 Å². The van der Waals surface area contributed by atoms with Gasteiger partial charge in [-0.05, 0) is 50.5 Å². The van der Waals surface area contributed by atoms with Crippen molar-refractivity contribution in [1.29, 1.82) is 0 Å². The fourth-order valence-electron chi connectivity index (χ4n) is 2.28. The van der Waals surface area contributed by atoms with Crippen molar-refractivity contribution < 1.29 is 13.3 Å². The molecule has 0 heterocycles. The van der Waals surface area contributed by atoms with Crippen molar-refractivity contribution in [3.8, 4) is 0 Å². The molecule has 0 amide bonds. The Bertz CT molecular complexity index is 824. The molecule has 0 spiro atoms. The predicted molar refractivity (Wildman–Crippen MR) is 100 cm³/mol. The van der Waals surface area contributed by atoms with Crippen molar-refractivity contribution in [2.24, 2.45) is 5.14 Å². The SMILES string of the molecule is Cc1ccc(C(C)(C)Nc2ccccc2[N+](=O)[O-])cc1C.N[SH](=O)=O. The van der Waals surface area contributed by atoms with Gasteiger partial charge in [-0.3, -0.25) is 10.1 Å². The Balaban J connectivity index is 0.000000705. The topological polar surface area (TPSA) is 115 Å². The predicted octanol–water partition coefficient (Wildman–Crippen LogP) is 3.03. The van der Waals surface area contributed by atoms with Crippen LogP contribution in [0, 0.1) is 24.0 Å². The molecular formula is C17H23N3O4S. The smallest absolute Gasteiger partial charge is 0.292 e. The quantitative estimate of drug-likeness (QED) is 0.437. The average molecular weight is 365 g/mol. The fourth-order valence-corrected chi connectivity index (χ4v) is 2.28. The zero-order valence-corrected chi connectivity index (χ0v) is 15.5. The number of benzene rings is 2. The number of nitrogens with zero attached hydrogens (tertiary/aromatic N) is 1. The van der Waals surface area contributed by atoms with Crippen LogP contribution in [0.25, 0.3) is 0 Å². The number of nitro groups is 1. The zero-order valence-electron chi connectivity index (χ0n) is 14.6. The van der Waals surface area contributed by atoms with Crippen molar-refractivity contribution in [2.45, 2.75) is 33.2 Å². The molecule has 25 heavy (non-hydrogen) atoms. The van der Waals surface area contributed by atoms with E-state index in [0.717, 1.165) is 5.56 Å². The van der Waals surface area contributed by atoms with Gasteiger partial charge in [-0.1, -0.05) is 30.3 Å². The third-order valence-corrected chi connectivity index (χ3v) is 3.78. The maximum Gasteiger partial charge on any atom is 0.292 e. The first kappa shape index (κ1) is 20.6. The van der Waals surface area contributed by atoms with E-state index in [1.807, 2.05) is 13.8 Å². The van der Waals surface area contributed by atoms with E-state index in [-0.39, 0.29) is 10.6 Å². The third kappa shape index (κ3) is 6.17. The van der Waals surface area contributed by atoms with E-state index >= 15 is 0 Å². The maximum absolute atomic E-state index is 11.1. The summed E-state index contributed by atoms with van der Waals surface area (Å²) in [5.41, 5.74) is 3.78. The number of nitrogens with one attached hydrogen (secondary N) is 1. The minimum Gasteiger partial charge on any atom is -0.371 e. The van der Waals surface area contributed by atoms with Crippen molar-refractivity contribution >= 4 is 22.3 Å². The van der Waals surface area contributed by atoms with E-state index < -0.39 is 16.4 Å². The third-order valence-electron chi connectivity index (χ3n) is 3.78. The number of aryl methyl sites for hydroxylation is 2. The van der Waals surface area contributed by atoms with Gasteiger partial charge in [0.25, 0.3) is 5.69 Å². The maximum atomic E-state index is 11.1. The molecule has 2 rings (SSSR count). The Kier molecular flexibility index (Phi) is 7.08. The number of nitro benzene ring substituents is 1.